The van der Waals surface area contributed by atoms with Gasteiger partial charge in [-0.25, -0.2) is 0 Å². The third kappa shape index (κ3) is 2.10. The van der Waals surface area contributed by atoms with Crippen molar-refractivity contribution >= 4 is 11.6 Å². The predicted molar refractivity (Wildman–Crippen MR) is 61.1 cm³/mol. The lowest BCUT2D eigenvalue weighted by atomic mass is 10.1. The number of aromatic nitrogens is 1. The van der Waals surface area contributed by atoms with Gasteiger partial charge in [0.1, 0.15) is 5.75 Å². The molecule has 0 atom stereocenters. The van der Waals surface area contributed by atoms with Crippen molar-refractivity contribution in [2.24, 2.45) is 0 Å². The molecule has 1 aromatic carbocycles. The number of hydrogen-bond donors (Lipinski definition) is 1. The molecule has 1 heterocycles. The topological polar surface area (TPSA) is 33.1 Å². The second-order valence-corrected chi connectivity index (χ2v) is 3.79. The van der Waals surface area contributed by atoms with Crippen molar-refractivity contribution in [1.29, 1.82) is 0 Å². The molecule has 3 heteroatoms. The van der Waals surface area contributed by atoms with Gasteiger partial charge in [-0.3, -0.25) is 4.98 Å². The third-order valence-electron chi connectivity index (χ3n) is 2.16. The molecule has 76 valence electrons. The minimum absolute atomic E-state index is 0.0908. The van der Waals surface area contributed by atoms with Crippen LogP contribution < -0.4 is 0 Å². The zero-order valence-corrected chi connectivity index (χ0v) is 8.99. The highest BCUT2D eigenvalue weighted by Gasteiger charge is 2.03. The van der Waals surface area contributed by atoms with E-state index in [9.17, 15) is 5.11 Å². The van der Waals surface area contributed by atoms with Gasteiger partial charge in [0.15, 0.2) is 0 Å². The predicted octanol–water partition coefficient (Wildman–Crippen LogP) is 3.42. The number of nitrogens with zero attached hydrogens (tertiary/aromatic N) is 1. The summed E-state index contributed by atoms with van der Waals surface area (Å²) in [6.45, 7) is 2.01. The maximum absolute atomic E-state index is 9.29. The van der Waals surface area contributed by atoms with Gasteiger partial charge in [0, 0.05) is 11.8 Å². The lowest BCUT2D eigenvalue weighted by Crippen LogP contribution is -1.84. The van der Waals surface area contributed by atoms with Crippen LogP contribution in [0.25, 0.3) is 11.3 Å². The van der Waals surface area contributed by atoms with Crippen LogP contribution >= 0.6 is 11.6 Å². The Balaban J connectivity index is 2.50. The van der Waals surface area contributed by atoms with E-state index in [-0.39, 0.29) is 5.75 Å². The molecule has 0 saturated heterocycles. The maximum Gasteiger partial charge on any atom is 0.134 e. The Morgan fingerprint density at radius 1 is 1.20 bits per heavy atom. The van der Waals surface area contributed by atoms with Crippen molar-refractivity contribution in [3.8, 4) is 17.0 Å². The molecule has 1 aromatic heterocycles. The number of phenolic OH excluding ortho intramolecular Hbond substituents is 1. The first-order chi connectivity index (χ1) is 7.16. The first-order valence-electron chi connectivity index (χ1n) is 4.58. The summed E-state index contributed by atoms with van der Waals surface area (Å²) in [7, 11) is 0. The number of rotatable bonds is 1. The molecule has 0 unspecified atom stereocenters. The van der Waals surface area contributed by atoms with E-state index >= 15 is 0 Å². The molecule has 0 aliphatic heterocycles. The van der Waals surface area contributed by atoms with E-state index in [0.717, 1.165) is 16.8 Å². The quantitative estimate of drug-likeness (QED) is 0.797. The molecule has 0 aliphatic carbocycles. The monoisotopic (exact) mass is 219 g/mol. The Labute approximate surface area is 93.2 Å². The summed E-state index contributed by atoms with van der Waals surface area (Å²) in [5.41, 5.74) is 2.91. The minimum Gasteiger partial charge on any atom is -0.506 e. The zero-order valence-electron chi connectivity index (χ0n) is 8.24. The first kappa shape index (κ1) is 9.99. The standard InChI is InChI=1S/C12H10ClNO/c1-8-4-5-14-11(6-8)9-2-3-12(15)10(13)7-9/h2-7,15H,1H3. The Morgan fingerprint density at radius 3 is 2.67 bits per heavy atom. The summed E-state index contributed by atoms with van der Waals surface area (Å²) in [6.07, 6.45) is 1.76. The van der Waals surface area contributed by atoms with Crippen LogP contribution in [0.4, 0.5) is 0 Å². The van der Waals surface area contributed by atoms with E-state index in [1.807, 2.05) is 19.1 Å². The number of hydrogen-bond acceptors (Lipinski definition) is 2. The Bertz CT molecular complexity index is 497. The molecule has 0 saturated carbocycles. The third-order valence-corrected chi connectivity index (χ3v) is 2.46. The number of aromatic hydroxyl groups is 1. The van der Waals surface area contributed by atoms with Crippen LogP contribution in [0.3, 0.4) is 0 Å². The molecule has 2 nitrogen and oxygen atoms in total. The highest BCUT2D eigenvalue weighted by molar-refractivity contribution is 6.32. The Morgan fingerprint density at radius 2 is 2.00 bits per heavy atom. The van der Waals surface area contributed by atoms with Crippen molar-refractivity contribution in [2.75, 3.05) is 0 Å². The van der Waals surface area contributed by atoms with Crippen molar-refractivity contribution in [3.63, 3.8) is 0 Å². The fourth-order valence-electron chi connectivity index (χ4n) is 1.36. The van der Waals surface area contributed by atoms with Gasteiger partial charge in [-0.1, -0.05) is 11.6 Å². The molecule has 0 spiro atoms. The fraction of sp³-hybridized carbons (Fsp3) is 0.0833. The average Bonchev–Trinajstić information content (AvgIpc) is 2.22. The van der Waals surface area contributed by atoms with Crippen molar-refractivity contribution in [1.82, 2.24) is 4.98 Å². The van der Waals surface area contributed by atoms with E-state index in [4.69, 9.17) is 11.6 Å². The van der Waals surface area contributed by atoms with Gasteiger partial charge in [0.05, 0.1) is 10.7 Å². The van der Waals surface area contributed by atoms with Gasteiger partial charge in [-0.2, -0.15) is 0 Å². The van der Waals surface area contributed by atoms with Crippen LogP contribution in [0.2, 0.25) is 5.02 Å². The number of pyridine rings is 1. The van der Waals surface area contributed by atoms with E-state index in [1.165, 1.54) is 0 Å². The minimum atomic E-state index is 0.0908. The van der Waals surface area contributed by atoms with E-state index < -0.39 is 0 Å². The molecule has 0 fully saturated rings. The smallest absolute Gasteiger partial charge is 0.134 e. The molecule has 0 amide bonds. The van der Waals surface area contributed by atoms with Crippen molar-refractivity contribution < 1.29 is 5.11 Å². The summed E-state index contributed by atoms with van der Waals surface area (Å²) >= 11 is 5.83. The zero-order chi connectivity index (χ0) is 10.8. The van der Waals surface area contributed by atoms with Crippen LogP contribution in [0.5, 0.6) is 5.75 Å². The van der Waals surface area contributed by atoms with Crippen LogP contribution in [-0.2, 0) is 0 Å². The van der Waals surface area contributed by atoms with Gasteiger partial charge < -0.3 is 5.11 Å². The Kier molecular flexibility index (Phi) is 2.60. The second kappa shape index (κ2) is 3.91. The van der Waals surface area contributed by atoms with Crippen LogP contribution in [0.15, 0.2) is 36.5 Å². The SMILES string of the molecule is Cc1ccnc(-c2ccc(O)c(Cl)c2)c1. The first-order valence-corrected chi connectivity index (χ1v) is 4.96. The Hall–Kier alpha value is -1.54. The fourth-order valence-corrected chi connectivity index (χ4v) is 1.54. The molecular formula is C12H10ClNO. The van der Waals surface area contributed by atoms with Crippen molar-refractivity contribution in [3.05, 3.63) is 47.1 Å². The molecule has 0 radical (unpaired) electrons. The summed E-state index contributed by atoms with van der Waals surface area (Å²) in [5, 5.41) is 9.64. The summed E-state index contributed by atoms with van der Waals surface area (Å²) in [6, 6.07) is 8.98. The summed E-state index contributed by atoms with van der Waals surface area (Å²) in [4.78, 5) is 4.24. The highest BCUT2D eigenvalue weighted by Crippen LogP contribution is 2.28. The van der Waals surface area contributed by atoms with Gasteiger partial charge in [0.2, 0.25) is 0 Å². The van der Waals surface area contributed by atoms with Crippen LogP contribution in [0, 0.1) is 6.92 Å². The molecule has 0 bridgehead atoms. The van der Waals surface area contributed by atoms with E-state index in [1.54, 1.807) is 24.4 Å². The van der Waals surface area contributed by atoms with E-state index in [0.29, 0.717) is 5.02 Å². The number of benzene rings is 1. The highest BCUT2D eigenvalue weighted by atomic mass is 35.5. The number of phenols is 1. The average molecular weight is 220 g/mol. The lowest BCUT2D eigenvalue weighted by molar-refractivity contribution is 0.475. The van der Waals surface area contributed by atoms with Gasteiger partial charge in [0.25, 0.3) is 0 Å². The molecular weight excluding hydrogens is 210 g/mol. The molecule has 0 aliphatic rings. The molecule has 2 aromatic rings. The molecule has 2 rings (SSSR count). The van der Waals surface area contributed by atoms with Crippen LogP contribution in [0.1, 0.15) is 5.56 Å². The van der Waals surface area contributed by atoms with Gasteiger partial charge in [-0.05, 0) is 42.8 Å². The summed E-state index contributed by atoms with van der Waals surface area (Å²) in [5.74, 6) is 0.0908. The number of halogens is 1. The van der Waals surface area contributed by atoms with E-state index in [2.05, 4.69) is 4.98 Å². The van der Waals surface area contributed by atoms with Crippen LogP contribution in [-0.4, -0.2) is 10.1 Å². The van der Waals surface area contributed by atoms with Gasteiger partial charge >= 0.3 is 0 Å². The second-order valence-electron chi connectivity index (χ2n) is 3.38. The molecule has 15 heavy (non-hydrogen) atoms. The van der Waals surface area contributed by atoms with Crippen molar-refractivity contribution in [2.45, 2.75) is 6.92 Å². The van der Waals surface area contributed by atoms with Gasteiger partial charge in [-0.15, -0.1) is 0 Å². The lowest BCUT2D eigenvalue weighted by Gasteiger charge is -2.03. The largest absolute Gasteiger partial charge is 0.506 e. The normalized spacial score (nSPS) is 10.3. The number of aryl methyl sites for hydroxylation is 1. The maximum atomic E-state index is 9.29. The summed E-state index contributed by atoms with van der Waals surface area (Å²) < 4.78 is 0. The molecule has 1 N–H and O–H groups in total.